The Bertz CT molecular complexity index is 260. The zero-order valence-electron chi connectivity index (χ0n) is 9.44. The van der Waals surface area contributed by atoms with Crippen LogP contribution in [0.2, 0.25) is 0 Å². The highest BCUT2D eigenvalue weighted by Crippen LogP contribution is 2.34. The SMILES string of the molecule is CCOC(=O)CC1(C[N+](=O)[O-])CCOCC1. The minimum Gasteiger partial charge on any atom is -0.466 e. The van der Waals surface area contributed by atoms with E-state index in [-0.39, 0.29) is 23.9 Å². The summed E-state index contributed by atoms with van der Waals surface area (Å²) in [6.45, 7) is 2.81. The molecule has 16 heavy (non-hydrogen) atoms. The minimum atomic E-state index is -0.575. The third kappa shape index (κ3) is 3.77. The molecule has 1 heterocycles. The van der Waals surface area contributed by atoms with Crippen molar-refractivity contribution in [1.29, 1.82) is 0 Å². The summed E-state index contributed by atoms with van der Waals surface area (Å²) in [6.07, 6.45) is 1.21. The van der Waals surface area contributed by atoms with E-state index in [9.17, 15) is 14.9 Å². The largest absolute Gasteiger partial charge is 0.466 e. The molecule has 0 saturated carbocycles. The normalized spacial score (nSPS) is 19.1. The van der Waals surface area contributed by atoms with Crippen LogP contribution in [-0.4, -0.2) is 37.3 Å². The smallest absolute Gasteiger partial charge is 0.306 e. The molecule has 0 aromatic carbocycles. The Morgan fingerprint density at radius 2 is 2.12 bits per heavy atom. The van der Waals surface area contributed by atoms with Crippen molar-refractivity contribution < 1.29 is 19.2 Å². The summed E-state index contributed by atoms with van der Waals surface area (Å²) in [5, 5.41) is 10.6. The van der Waals surface area contributed by atoms with Gasteiger partial charge in [-0.05, 0) is 19.8 Å². The summed E-state index contributed by atoms with van der Waals surface area (Å²) in [6, 6.07) is 0. The first-order chi connectivity index (χ1) is 7.58. The molecule has 1 rings (SSSR count). The fourth-order valence-corrected chi connectivity index (χ4v) is 1.99. The third-order valence-corrected chi connectivity index (χ3v) is 2.84. The number of carbonyl (C=O) groups is 1. The molecule has 0 bridgehead atoms. The van der Waals surface area contributed by atoms with Crippen molar-refractivity contribution in [2.24, 2.45) is 5.41 Å². The topological polar surface area (TPSA) is 78.7 Å². The molecule has 0 amide bonds. The maximum absolute atomic E-state index is 11.4. The van der Waals surface area contributed by atoms with E-state index in [0.29, 0.717) is 32.7 Å². The van der Waals surface area contributed by atoms with E-state index in [1.165, 1.54) is 0 Å². The van der Waals surface area contributed by atoms with Crippen molar-refractivity contribution in [3.63, 3.8) is 0 Å². The van der Waals surface area contributed by atoms with Crippen LogP contribution >= 0.6 is 0 Å². The van der Waals surface area contributed by atoms with Crippen molar-refractivity contribution in [1.82, 2.24) is 0 Å². The summed E-state index contributed by atoms with van der Waals surface area (Å²) >= 11 is 0. The third-order valence-electron chi connectivity index (χ3n) is 2.84. The van der Waals surface area contributed by atoms with Crippen LogP contribution in [0.15, 0.2) is 0 Å². The molecule has 0 atom stereocenters. The van der Waals surface area contributed by atoms with Gasteiger partial charge < -0.3 is 9.47 Å². The first kappa shape index (κ1) is 12.9. The fourth-order valence-electron chi connectivity index (χ4n) is 1.99. The molecule has 0 aliphatic carbocycles. The van der Waals surface area contributed by atoms with Gasteiger partial charge in [0.1, 0.15) is 0 Å². The van der Waals surface area contributed by atoms with E-state index < -0.39 is 5.41 Å². The first-order valence-corrected chi connectivity index (χ1v) is 5.43. The van der Waals surface area contributed by atoms with Crippen molar-refractivity contribution in [2.75, 3.05) is 26.4 Å². The number of carbonyl (C=O) groups excluding carboxylic acids is 1. The van der Waals surface area contributed by atoms with Gasteiger partial charge in [-0.25, -0.2) is 0 Å². The molecular weight excluding hydrogens is 214 g/mol. The summed E-state index contributed by atoms with van der Waals surface area (Å²) in [5.41, 5.74) is -0.575. The molecule has 6 nitrogen and oxygen atoms in total. The van der Waals surface area contributed by atoms with Crippen LogP contribution < -0.4 is 0 Å². The Hall–Kier alpha value is -1.17. The fraction of sp³-hybridized carbons (Fsp3) is 0.900. The Labute approximate surface area is 94.1 Å². The van der Waals surface area contributed by atoms with Crippen LogP contribution in [0.1, 0.15) is 26.2 Å². The van der Waals surface area contributed by atoms with Gasteiger partial charge in [0.2, 0.25) is 6.54 Å². The highest BCUT2D eigenvalue weighted by molar-refractivity contribution is 5.70. The van der Waals surface area contributed by atoms with Gasteiger partial charge in [-0.15, -0.1) is 0 Å². The van der Waals surface area contributed by atoms with Gasteiger partial charge in [0, 0.05) is 23.6 Å². The molecule has 1 fully saturated rings. The van der Waals surface area contributed by atoms with Gasteiger partial charge in [0.25, 0.3) is 0 Å². The van der Waals surface area contributed by atoms with Crippen LogP contribution in [0.3, 0.4) is 0 Å². The lowest BCUT2D eigenvalue weighted by molar-refractivity contribution is -0.499. The highest BCUT2D eigenvalue weighted by Gasteiger charge is 2.40. The summed E-state index contributed by atoms with van der Waals surface area (Å²) in [5.74, 6) is -0.355. The molecule has 0 radical (unpaired) electrons. The molecule has 0 unspecified atom stereocenters. The number of nitrogens with zero attached hydrogens (tertiary/aromatic N) is 1. The van der Waals surface area contributed by atoms with Crippen LogP contribution in [0, 0.1) is 15.5 Å². The van der Waals surface area contributed by atoms with E-state index >= 15 is 0 Å². The molecule has 1 aliphatic rings. The van der Waals surface area contributed by atoms with Gasteiger partial charge in [-0.2, -0.15) is 0 Å². The first-order valence-electron chi connectivity index (χ1n) is 5.43. The number of rotatable bonds is 5. The maximum atomic E-state index is 11.4. The molecule has 92 valence electrons. The summed E-state index contributed by atoms with van der Waals surface area (Å²) in [7, 11) is 0. The average Bonchev–Trinajstić information content (AvgIpc) is 2.17. The molecule has 0 aromatic rings. The number of ether oxygens (including phenoxy) is 2. The second-order valence-corrected chi connectivity index (χ2v) is 4.09. The highest BCUT2D eigenvalue weighted by atomic mass is 16.6. The Kier molecular flexibility index (Phi) is 4.67. The van der Waals surface area contributed by atoms with E-state index in [0.717, 1.165) is 0 Å². The van der Waals surface area contributed by atoms with Crippen molar-refractivity contribution in [2.45, 2.75) is 26.2 Å². The number of nitro groups is 1. The Morgan fingerprint density at radius 3 is 2.62 bits per heavy atom. The van der Waals surface area contributed by atoms with Crippen molar-refractivity contribution in [3.8, 4) is 0 Å². The molecule has 1 saturated heterocycles. The lowest BCUT2D eigenvalue weighted by Crippen LogP contribution is -2.38. The predicted octanol–water partition coefficient (Wildman–Crippen LogP) is 1.01. The molecule has 1 aliphatic heterocycles. The second kappa shape index (κ2) is 5.79. The van der Waals surface area contributed by atoms with Gasteiger partial charge in [0.15, 0.2) is 0 Å². The van der Waals surface area contributed by atoms with Gasteiger partial charge >= 0.3 is 5.97 Å². The van der Waals surface area contributed by atoms with Gasteiger partial charge in [0.05, 0.1) is 13.0 Å². The maximum Gasteiger partial charge on any atom is 0.306 e. The lowest BCUT2D eigenvalue weighted by Gasteiger charge is -2.32. The quantitative estimate of drug-likeness (QED) is 0.401. The zero-order chi connectivity index (χ0) is 12.0. The average molecular weight is 231 g/mol. The van der Waals surface area contributed by atoms with E-state index in [1.54, 1.807) is 6.92 Å². The van der Waals surface area contributed by atoms with Crippen LogP contribution in [0.4, 0.5) is 0 Å². The monoisotopic (exact) mass is 231 g/mol. The van der Waals surface area contributed by atoms with Crippen LogP contribution in [0.25, 0.3) is 0 Å². The van der Waals surface area contributed by atoms with Crippen LogP contribution in [0.5, 0.6) is 0 Å². The molecular formula is C10H17NO5. The summed E-state index contributed by atoms with van der Waals surface area (Å²) in [4.78, 5) is 21.7. The van der Waals surface area contributed by atoms with E-state index in [4.69, 9.17) is 9.47 Å². The molecule has 6 heteroatoms. The van der Waals surface area contributed by atoms with Crippen LogP contribution in [-0.2, 0) is 14.3 Å². The zero-order valence-corrected chi connectivity index (χ0v) is 9.44. The number of hydrogen-bond donors (Lipinski definition) is 0. The molecule has 0 aromatic heterocycles. The Balaban J connectivity index is 2.62. The van der Waals surface area contributed by atoms with E-state index in [1.807, 2.05) is 0 Å². The minimum absolute atomic E-state index is 0.116. The molecule has 0 N–H and O–H groups in total. The van der Waals surface area contributed by atoms with E-state index in [2.05, 4.69) is 0 Å². The van der Waals surface area contributed by atoms with Crippen molar-refractivity contribution >= 4 is 5.97 Å². The van der Waals surface area contributed by atoms with Gasteiger partial charge in [-0.1, -0.05) is 0 Å². The summed E-state index contributed by atoms with van der Waals surface area (Å²) < 4.78 is 10.0. The number of esters is 1. The predicted molar refractivity (Wildman–Crippen MR) is 55.6 cm³/mol. The standard InChI is InChI=1S/C10H17NO5/c1-2-16-9(12)7-10(8-11(13)14)3-5-15-6-4-10/h2-8H2,1H3. The lowest BCUT2D eigenvalue weighted by atomic mass is 9.77. The van der Waals surface area contributed by atoms with Crippen molar-refractivity contribution in [3.05, 3.63) is 10.1 Å². The Morgan fingerprint density at radius 1 is 1.50 bits per heavy atom. The molecule has 0 spiro atoms. The second-order valence-electron chi connectivity index (χ2n) is 4.09. The number of hydrogen-bond acceptors (Lipinski definition) is 5. The van der Waals surface area contributed by atoms with Gasteiger partial charge in [-0.3, -0.25) is 14.9 Å².